The first-order chi connectivity index (χ1) is 14.0. The number of carbonyl (C=O) groups is 2. The van der Waals surface area contributed by atoms with Gasteiger partial charge in [0.2, 0.25) is 0 Å². The standard InChI is InChI=1S/C22H19N3O3S/c1-14-6-3-4-8-18(14)28-13-20(26)24-15-9-10-17-19(12-15)29-21-16(7-5-11-23-21)22(27)25(17)2/h3-12H,13H2,1-2H3,(H,24,26). The number of amides is 2. The Kier molecular flexibility index (Phi) is 5.22. The van der Waals surface area contributed by atoms with Gasteiger partial charge < -0.3 is 15.0 Å². The zero-order valence-corrected chi connectivity index (χ0v) is 16.8. The molecule has 7 heteroatoms. The third-order valence-corrected chi connectivity index (χ3v) is 5.64. The van der Waals surface area contributed by atoms with E-state index >= 15 is 0 Å². The Labute approximate surface area is 172 Å². The molecule has 1 aliphatic heterocycles. The maximum atomic E-state index is 12.7. The molecule has 0 radical (unpaired) electrons. The van der Waals surface area contributed by atoms with Gasteiger partial charge in [0.15, 0.2) is 6.61 Å². The molecule has 2 aromatic carbocycles. The molecule has 0 fully saturated rings. The molecule has 29 heavy (non-hydrogen) atoms. The van der Waals surface area contributed by atoms with Crippen LogP contribution < -0.4 is 15.0 Å². The number of fused-ring (bicyclic) bond motifs is 2. The summed E-state index contributed by atoms with van der Waals surface area (Å²) in [5.74, 6) is 0.320. The van der Waals surface area contributed by atoms with E-state index < -0.39 is 0 Å². The summed E-state index contributed by atoms with van der Waals surface area (Å²) in [6.45, 7) is 1.85. The van der Waals surface area contributed by atoms with E-state index in [1.54, 1.807) is 36.3 Å². The number of anilines is 2. The van der Waals surface area contributed by atoms with Crippen LogP contribution in [-0.4, -0.2) is 30.5 Å². The van der Waals surface area contributed by atoms with Crippen LogP contribution in [0.3, 0.4) is 0 Å². The number of aryl methyl sites for hydroxylation is 1. The van der Waals surface area contributed by atoms with Gasteiger partial charge in [-0.05, 0) is 48.9 Å². The number of rotatable bonds is 4. The van der Waals surface area contributed by atoms with E-state index in [0.29, 0.717) is 22.0 Å². The first-order valence-corrected chi connectivity index (χ1v) is 9.88. The van der Waals surface area contributed by atoms with Crippen LogP contribution in [0.4, 0.5) is 11.4 Å². The lowest BCUT2D eigenvalue weighted by molar-refractivity contribution is -0.118. The minimum Gasteiger partial charge on any atom is -0.483 e. The van der Waals surface area contributed by atoms with E-state index in [2.05, 4.69) is 10.3 Å². The second-order valence-electron chi connectivity index (χ2n) is 6.61. The fourth-order valence-electron chi connectivity index (χ4n) is 3.04. The van der Waals surface area contributed by atoms with Crippen molar-refractivity contribution in [2.75, 3.05) is 23.9 Å². The second-order valence-corrected chi connectivity index (χ2v) is 7.64. The first-order valence-electron chi connectivity index (χ1n) is 9.06. The summed E-state index contributed by atoms with van der Waals surface area (Å²) in [7, 11) is 1.73. The number of hydrogen-bond donors (Lipinski definition) is 1. The Hall–Kier alpha value is -3.32. The fourth-order valence-corrected chi connectivity index (χ4v) is 4.12. The molecule has 0 spiro atoms. The van der Waals surface area contributed by atoms with Gasteiger partial charge in [-0.3, -0.25) is 9.59 Å². The molecule has 1 aliphatic rings. The summed E-state index contributed by atoms with van der Waals surface area (Å²) in [5.41, 5.74) is 2.94. The highest BCUT2D eigenvalue weighted by molar-refractivity contribution is 7.99. The fraction of sp³-hybridized carbons (Fsp3) is 0.136. The van der Waals surface area contributed by atoms with E-state index in [1.165, 1.54) is 11.8 Å². The van der Waals surface area contributed by atoms with Gasteiger partial charge >= 0.3 is 0 Å². The molecule has 2 heterocycles. The Bertz CT molecular complexity index is 1100. The molecule has 4 rings (SSSR count). The molecule has 0 saturated carbocycles. The predicted octanol–water partition coefficient (Wildman–Crippen LogP) is 4.15. The molecule has 1 N–H and O–H groups in total. The topological polar surface area (TPSA) is 71.5 Å². The Balaban J connectivity index is 1.51. The van der Waals surface area contributed by atoms with Gasteiger partial charge in [-0.25, -0.2) is 4.98 Å². The molecule has 0 atom stereocenters. The van der Waals surface area contributed by atoms with Gasteiger partial charge in [-0.2, -0.15) is 0 Å². The average Bonchev–Trinajstić information content (AvgIpc) is 2.82. The Morgan fingerprint density at radius 2 is 2.00 bits per heavy atom. The molecule has 2 amide bonds. The highest BCUT2D eigenvalue weighted by atomic mass is 32.2. The van der Waals surface area contributed by atoms with Crippen molar-refractivity contribution < 1.29 is 14.3 Å². The van der Waals surface area contributed by atoms with Gasteiger partial charge in [-0.15, -0.1) is 0 Å². The average molecular weight is 405 g/mol. The molecule has 0 unspecified atom stereocenters. The van der Waals surface area contributed by atoms with Crippen LogP contribution in [0, 0.1) is 6.92 Å². The predicted molar refractivity (Wildman–Crippen MR) is 113 cm³/mol. The quantitative estimate of drug-likeness (QED) is 0.706. The van der Waals surface area contributed by atoms with E-state index in [4.69, 9.17) is 4.74 Å². The van der Waals surface area contributed by atoms with Gasteiger partial charge in [0.05, 0.1) is 11.3 Å². The van der Waals surface area contributed by atoms with Crippen LogP contribution in [-0.2, 0) is 4.79 Å². The smallest absolute Gasteiger partial charge is 0.262 e. The van der Waals surface area contributed by atoms with Gasteiger partial charge in [0.1, 0.15) is 10.8 Å². The molecule has 0 bridgehead atoms. The van der Waals surface area contributed by atoms with Crippen LogP contribution in [0.25, 0.3) is 0 Å². The summed E-state index contributed by atoms with van der Waals surface area (Å²) in [6, 6.07) is 16.5. The number of carbonyl (C=O) groups excluding carboxylic acids is 2. The van der Waals surface area contributed by atoms with Gasteiger partial charge in [-0.1, -0.05) is 30.0 Å². The van der Waals surface area contributed by atoms with Crippen molar-refractivity contribution in [2.45, 2.75) is 16.8 Å². The molecular weight excluding hydrogens is 386 g/mol. The number of pyridine rings is 1. The minimum absolute atomic E-state index is 0.0855. The number of para-hydroxylation sites is 1. The third kappa shape index (κ3) is 3.95. The number of nitrogens with one attached hydrogen (secondary N) is 1. The van der Waals surface area contributed by atoms with E-state index in [0.717, 1.165) is 16.1 Å². The van der Waals surface area contributed by atoms with Crippen molar-refractivity contribution in [3.63, 3.8) is 0 Å². The molecule has 0 saturated heterocycles. The number of hydrogen-bond acceptors (Lipinski definition) is 5. The van der Waals surface area contributed by atoms with E-state index in [1.807, 2.05) is 43.3 Å². The van der Waals surface area contributed by atoms with Crippen molar-refractivity contribution in [1.82, 2.24) is 4.98 Å². The SMILES string of the molecule is Cc1ccccc1OCC(=O)Nc1ccc2c(c1)Sc1ncccc1C(=O)N2C. The van der Waals surface area contributed by atoms with E-state index in [-0.39, 0.29) is 18.4 Å². The summed E-state index contributed by atoms with van der Waals surface area (Å²) < 4.78 is 5.60. The Morgan fingerprint density at radius 3 is 2.83 bits per heavy atom. The lowest BCUT2D eigenvalue weighted by atomic mass is 10.2. The van der Waals surface area contributed by atoms with Gasteiger partial charge in [0, 0.05) is 23.8 Å². The second kappa shape index (κ2) is 7.97. The Morgan fingerprint density at radius 1 is 1.17 bits per heavy atom. The van der Waals surface area contributed by atoms with E-state index in [9.17, 15) is 9.59 Å². The molecule has 6 nitrogen and oxygen atoms in total. The number of nitrogens with zero attached hydrogens (tertiary/aromatic N) is 2. The highest BCUT2D eigenvalue weighted by Gasteiger charge is 2.25. The maximum absolute atomic E-state index is 12.7. The van der Waals surface area contributed by atoms with Crippen LogP contribution in [0.1, 0.15) is 15.9 Å². The van der Waals surface area contributed by atoms with Crippen LogP contribution >= 0.6 is 11.8 Å². The molecule has 0 aliphatic carbocycles. The third-order valence-electron chi connectivity index (χ3n) is 4.57. The van der Waals surface area contributed by atoms with Crippen molar-refractivity contribution in [3.8, 4) is 5.75 Å². The maximum Gasteiger partial charge on any atom is 0.262 e. The minimum atomic E-state index is -0.255. The van der Waals surface area contributed by atoms with Crippen LogP contribution in [0.2, 0.25) is 0 Å². The summed E-state index contributed by atoms with van der Waals surface area (Å²) in [4.78, 5) is 31.8. The molecule has 146 valence electrons. The monoisotopic (exact) mass is 405 g/mol. The number of ether oxygens (including phenoxy) is 1. The largest absolute Gasteiger partial charge is 0.483 e. The van der Waals surface area contributed by atoms with Crippen LogP contribution in [0.15, 0.2) is 70.7 Å². The highest BCUT2D eigenvalue weighted by Crippen LogP contribution is 2.41. The number of benzene rings is 2. The van der Waals surface area contributed by atoms with Crippen molar-refractivity contribution in [3.05, 3.63) is 71.9 Å². The summed E-state index contributed by atoms with van der Waals surface area (Å²) in [5, 5.41) is 3.50. The van der Waals surface area contributed by atoms with Crippen LogP contribution in [0.5, 0.6) is 5.75 Å². The first kappa shape index (κ1) is 19.0. The zero-order chi connectivity index (χ0) is 20.4. The lowest BCUT2D eigenvalue weighted by Crippen LogP contribution is -2.26. The number of aromatic nitrogens is 1. The normalized spacial score (nSPS) is 12.6. The summed E-state index contributed by atoms with van der Waals surface area (Å²) >= 11 is 1.41. The molecule has 3 aromatic rings. The van der Waals surface area contributed by atoms with Crippen molar-refractivity contribution in [1.29, 1.82) is 0 Å². The van der Waals surface area contributed by atoms with Gasteiger partial charge in [0.25, 0.3) is 11.8 Å². The summed E-state index contributed by atoms with van der Waals surface area (Å²) in [6.07, 6.45) is 1.67. The zero-order valence-electron chi connectivity index (χ0n) is 16.0. The molecule has 1 aromatic heterocycles. The molecular formula is C22H19N3O3S. The van der Waals surface area contributed by atoms with Crippen molar-refractivity contribution >= 4 is 35.0 Å². The van der Waals surface area contributed by atoms with Crippen molar-refractivity contribution in [2.24, 2.45) is 0 Å². The lowest BCUT2D eigenvalue weighted by Gasteiger charge is -2.18.